The molecule has 0 N–H and O–H groups in total. The molecule has 0 radical (unpaired) electrons. The van der Waals surface area contributed by atoms with Crippen LogP contribution in [0.3, 0.4) is 0 Å². The molecule has 1 aromatic rings. The third kappa shape index (κ3) is 2.38. The summed E-state index contributed by atoms with van der Waals surface area (Å²) in [5.74, 6) is 0.621. The van der Waals surface area contributed by atoms with Gasteiger partial charge in [-0.25, -0.2) is 0 Å². The van der Waals surface area contributed by atoms with Crippen molar-refractivity contribution in [1.29, 1.82) is 0 Å². The lowest BCUT2D eigenvalue weighted by molar-refractivity contribution is -0.150. The van der Waals surface area contributed by atoms with Crippen LogP contribution in [0.1, 0.15) is 31.9 Å². The number of esters is 1. The van der Waals surface area contributed by atoms with Crippen LogP contribution in [0.25, 0.3) is 0 Å². The minimum Gasteiger partial charge on any atom is -0.458 e. The van der Waals surface area contributed by atoms with E-state index in [1.54, 1.807) is 0 Å². The second-order valence-corrected chi connectivity index (χ2v) is 4.31. The van der Waals surface area contributed by atoms with Crippen LogP contribution in [0.2, 0.25) is 0 Å². The van der Waals surface area contributed by atoms with Crippen LogP contribution in [0.4, 0.5) is 0 Å². The van der Waals surface area contributed by atoms with E-state index in [0.29, 0.717) is 5.92 Å². The molecule has 1 aromatic carbocycles. The molecule has 0 heterocycles. The molecule has 2 heteroatoms. The number of ether oxygens (including phenoxy) is 1. The molecule has 2 nitrogen and oxygen atoms in total. The van der Waals surface area contributed by atoms with Crippen LogP contribution in [0.5, 0.6) is 0 Å². The Kier molecular flexibility index (Phi) is 2.76. The molecule has 3 unspecified atom stereocenters. The zero-order valence-corrected chi connectivity index (χ0v) is 9.14. The van der Waals surface area contributed by atoms with Crippen LogP contribution in [-0.4, -0.2) is 5.97 Å². The maximum Gasteiger partial charge on any atom is 0.309 e. The zero-order chi connectivity index (χ0) is 10.8. The SMILES string of the molecule is CC(OC(=O)C1CC1C)c1ccccc1. The molecule has 1 saturated carbocycles. The summed E-state index contributed by atoms with van der Waals surface area (Å²) >= 11 is 0. The highest BCUT2D eigenvalue weighted by Crippen LogP contribution is 2.39. The van der Waals surface area contributed by atoms with E-state index < -0.39 is 0 Å². The Morgan fingerprint density at radius 2 is 2.00 bits per heavy atom. The summed E-state index contributed by atoms with van der Waals surface area (Å²) in [5.41, 5.74) is 1.05. The van der Waals surface area contributed by atoms with Crippen LogP contribution >= 0.6 is 0 Å². The number of hydrogen-bond acceptors (Lipinski definition) is 2. The van der Waals surface area contributed by atoms with E-state index in [2.05, 4.69) is 6.92 Å². The van der Waals surface area contributed by atoms with Crippen LogP contribution < -0.4 is 0 Å². The van der Waals surface area contributed by atoms with Gasteiger partial charge in [0.05, 0.1) is 5.92 Å². The van der Waals surface area contributed by atoms with Crippen molar-refractivity contribution >= 4 is 5.97 Å². The summed E-state index contributed by atoms with van der Waals surface area (Å²) in [6.07, 6.45) is 0.854. The van der Waals surface area contributed by atoms with Crippen LogP contribution in [0.15, 0.2) is 30.3 Å². The molecule has 0 amide bonds. The van der Waals surface area contributed by atoms with Crippen molar-refractivity contribution in [1.82, 2.24) is 0 Å². The van der Waals surface area contributed by atoms with Gasteiger partial charge >= 0.3 is 5.97 Å². The van der Waals surface area contributed by atoms with E-state index in [9.17, 15) is 4.79 Å². The van der Waals surface area contributed by atoms with Gasteiger partial charge in [0.25, 0.3) is 0 Å². The Morgan fingerprint density at radius 1 is 1.40 bits per heavy atom. The Balaban J connectivity index is 1.92. The van der Waals surface area contributed by atoms with Crippen molar-refractivity contribution in [3.8, 4) is 0 Å². The normalized spacial score (nSPS) is 25.7. The average Bonchev–Trinajstić information content (AvgIpc) is 2.97. The van der Waals surface area contributed by atoms with Crippen LogP contribution in [0, 0.1) is 11.8 Å². The van der Waals surface area contributed by atoms with Crippen molar-refractivity contribution in [3.05, 3.63) is 35.9 Å². The van der Waals surface area contributed by atoms with Crippen molar-refractivity contribution in [2.45, 2.75) is 26.4 Å². The molecule has 0 spiro atoms. The predicted molar refractivity (Wildman–Crippen MR) is 58.2 cm³/mol. The molecular formula is C13H16O2. The Bertz CT molecular complexity index is 345. The standard InChI is InChI=1S/C13H16O2/c1-9-8-12(9)13(14)15-10(2)11-6-4-3-5-7-11/h3-7,9-10,12H,8H2,1-2H3. The highest BCUT2D eigenvalue weighted by molar-refractivity contribution is 5.75. The number of benzene rings is 1. The number of carbonyl (C=O) groups is 1. The molecule has 80 valence electrons. The lowest BCUT2D eigenvalue weighted by Crippen LogP contribution is -2.11. The summed E-state index contributed by atoms with van der Waals surface area (Å²) < 4.78 is 5.39. The fraction of sp³-hybridized carbons (Fsp3) is 0.462. The molecule has 0 bridgehead atoms. The van der Waals surface area contributed by atoms with Crippen molar-refractivity contribution in [2.75, 3.05) is 0 Å². The van der Waals surface area contributed by atoms with E-state index in [1.165, 1.54) is 0 Å². The smallest absolute Gasteiger partial charge is 0.309 e. The summed E-state index contributed by atoms with van der Waals surface area (Å²) in [4.78, 5) is 11.6. The van der Waals surface area contributed by atoms with Crippen molar-refractivity contribution < 1.29 is 9.53 Å². The summed E-state index contributed by atoms with van der Waals surface area (Å²) in [6, 6.07) is 9.84. The Labute approximate surface area is 90.3 Å². The molecule has 2 rings (SSSR count). The largest absolute Gasteiger partial charge is 0.458 e. The quantitative estimate of drug-likeness (QED) is 0.707. The van der Waals surface area contributed by atoms with Gasteiger partial charge < -0.3 is 4.74 Å². The third-order valence-corrected chi connectivity index (χ3v) is 2.97. The lowest BCUT2D eigenvalue weighted by Gasteiger charge is -2.13. The molecule has 1 aliphatic rings. The molecule has 15 heavy (non-hydrogen) atoms. The molecule has 3 atom stereocenters. The van der Waals surface area contributed by atoms with Gasteiger partial charge in [0.2, 0.25) is 0 Å². The van der Waals surface area contributed by atoms with Crippen LogP contribution in [-0.2, 0) is 9.53 Å². The fourth-order valence-corrected chi connectivity index (χ4v) is 1.70. The summed E-state index contributed by atoms with van der Waals surface area (Å²) in [7, 11) is 0. The molecule has 1 fully saturated rings. The maximum atomic E-state index is 11.6. The molecule has 0 aromatic heterocycles. The molecule has 1 aliphatic carbocycles. The van der Waals surface area contributed by atoms with Gasteiger partial charge in [-0.3, -0.25) is 4.79 Å². The van der Waals surface area contributed by atoms with Gasteiger partial charge in [0.1, 0.15) is 6.10 Å². The first-order valence-electron chi connectivity index (χ1n) is 5.44. The zero-order valence-electron chi connectivity index (χ0n) is 9.14. The van der Waals surface area contributed by atoms with Gasteiger partial charge in [-0.2, -0.15) is 0 Å². The van der Waals surface area contributed by atoms with E-state index in [-0.39, 0.29) is 18.0 Å². The first-order chi connectivity index (χ1) is 7.18. The van der Waals surface area contributed by atoms with Gasteiger partial charge in [0.15, 0.2) is 0 Å². The van der Waals surface area contributed by atoms with Gasteiger partial charge in [-0.1, -0.05) is 37.3 Å². The van der Waals surface area contributed by atoms with Gasteiger partial charge in [-0.05, 0) is 24.8 Å². The number of rotatable bonds is 3. The highest BCUT2D eigenvalue weighted by Gasteiger charge is 2.41. The molecule has 0 aliphatic heterocycles. The average molecular weight is 204 g/mol. The topological polar surface area (TPSA) is 26.3 Å². The first-order valence-corrected chi connectivity index (χ1v) is 5.44. The van der Waals surface area contributed by atoms with E-state index in [1.807, 2.05) is 37.3 Å². The fourth-order valence-electron chi connectivity index (χ4n) is 1.70. The number of hydrogen-bond donors (Lipinski definition) is 0. The lowest BCUT2D eigenvalue weighted by atomic mass is 10.1. The van der Waals surface area contributed by atoms with E-state index in [4.69, 9.17) is 4.74 Å². The van der Waals surface area contributed by atoms with Gasteiger partial charge in [0, 0.05) is 0 Å². The Hall–Kier alpha value is -1.31. The summed E-state index contributed by atoms with van der Waals surface area (Å²) in [6.45, 7) is 4.00. The maximum absolute atomic E-state index is 11.6. The monoisotopic (exact) mass is 204 g/mol. The number of carbonyl (C=O) groups excluding carboxylic acids is 1. The van der Waals surface area contributed by atoms with Gasteiger partial charge in [-0.15, -0.1) is 0 Å². The van der Waals surface area contributed by atoms with Crippen molar-refractivity contribution in [2.24, 2.45) is 11.8 Å². The predicted octanol–water partition coefficient (Wildman–Crippen LogP) is 2.95. The van der Waals surface area contributed by atoms with E-state index in [0.717, 1.165) is 12.0 Å². The van der Waals surface area contributed by atoms with Crippen molar-refractivity contribution in [3.63, 3.8) is 0 Å². The Morgan fingerprint density at radius 3 is 2.53 bits per heavy atom. The second kappa shape index (κ2) is 4.05. The third-order valence-electron chi connectivity index (χ3n) is 2.97. The minimum absolute atomic E-state index is 0.0427. The van der Waals surface area contributed by atoms with E-state index >= 15 is 0 Å². The second-order valence-electron chi connectivity index (χ2n) is 4.31. The first kappa shape index (κ1) is 10.2. The molecular weight excluding hydrogens is 188 g/mol. The minimum atomic E-state index is -0.133. The highest BCUT2D eigenvalue weighted by atomic mass is 16.5. The molecule has 0 saturated heterocycles. The summed E-state index contributed by atoms with van der Waals surface area (Å²) in [5, 5.41) is 0.